The van der Waals surface area contributed by atoms with Crippen molar-refractivity contribution < 1.29 is 19.4 Å². The minimum atomic E-state index is -0.666. The van der Waals surface area contributed by atoms with Gasteiger partial charge in [0.25, 0.3) is 0 Å². The summed E-state index contributed by atoms with van der Waals surface area (Å²) in [5, 5.41) is 9.51. The van der Waals surface area contributed by atoms with Gasteiger partial charge < -0.3 is 9.84 Å². The number of esters is 1. The smallest absolute Gasteiger partial charge is 0.313 e. The van der Waals surface area contributed by atoms with E-state index in [-0.39, 0.29) is 24.2 Å². The predicted molar refractivity (Wildman–Crippen MR) is 56.3 cm³/mol. The van der Waals surface area contributed by atoms with Crippen molar-refractivity contribution in [3.63, 3.8) is 0 Å². The molecule has 0 spiro atoms. The van der Waals surface area contributed by atoms with Gasteiger partial charge in [-0.2, -0.15) is 0 Å². The topological polar surface area (TPSA) is 63.6 Å². The Morgan fingerprint density at radius 3 is 2.27 bits per heavy atom. The Hall–Kier alpha value is -0.900. The van der Waals surface area contributed by atoms with Gasteiger partial charge in [0.1, 0.15) is 18.8 Å². The summed E-state index contributed by atoms with van der Waals surface area (Å²) < 4.78 is 4.75. The van der Waals surface area contributed by atoms with Crippen LogP contribution in [0.2, 0.25) is 0 Å². The van der Waals surface area contributed by atoms with E-state index in [1.165, 1.54) is 6.92 Å². The van der Waals surface area contributed by atoms with Gasteiger partial charge in [-0.05, 0) is 18.8 Å². The second kappa shape index (κ2) is 5.85. The Kier molecular flexibility index (Phi) is 5.50. The Morgan fingerprint density at radius 2 is 1.87 bits per heavy atom. The van der Waals surface area contributed by atoms with Crippen molar-refractivity contribution in [3.05, 3.63) is 0 Å². The van der Waals surface area contributed by atoms with Gasteiger partial charge in [0.05, 0.1) is 6.10 Å². The van der Waals surface area contributed by atoms with Crippen LogP contribution in [0.25, 0.3) is 0 Å². The molecule has 15 heavy (non-hydrogen) atoms. The van der Waals surface area contributed by atoms with Crippen molar-refractivity contribution in [2.75, 3.05) is 6.61 Å². The van der Waals surface area contributed by atoms with Crippen molar-refractivity contribution >= 4 is 11.8 Å². The van der Waals surface area contributed by atoms with Crippen LogP contribution in [-0.4, -0.2) is 29.6 Å². The van der Waals surface area contributed by atoms with E-state index in [2.05, 4.69) is 0 Å². The molecule has 1 unspecified atom stereocenters. The summed E-state index contributed by atoms with van der Waals surface area (Å²) in [4.78, 5) is 21.5. The molecule has 0 fully saturated rings. The summed E-state index contributed by atoms with van der Waals surface area (Å²) in [5.41, 5.74) is -0.00754. The fourth-order valence-corrected chi connectivity index (χ4v) is 1.21. The molecule has 0 aromatic rings. The largest absolute Gasteiger partial charge is 0.463 e. The van der Waals surface area contributed by atoms with Crippen molar-refractivity contribution in [2.45, 2.75) is 46.6 Å². The molecule has 0 aliphatic carbocycles. The lowest BCUT2D eigenvalue weighted by Crippen LogP contribution is -2.24. The molecule has 0 rings (SSSR count). The standard InChI is InChI=1S/C11H20O4/c1-8(12)5-10(14)15-7-9(13)6-11(2,3)4/h9,13H,5-7H2,1-4H3. The quantitative estimate of drug-likeness (QED) is 0.556. The molecule has 0 aromatic carbocycles. The van der Waals surface area contributed by atoms with Crippen LogP contribution in [0.1, 0.15) is 40.5 Å². The monoisotopic (exact) mass is 216 g/mol. The van der Waals surface area contributed by atoms with E-state index in [1.807, 2.05) is 20.8 Å². The van der Waals surface area contributed by atoms with E-state index >= 15 is 0 Å². The molecule has 0 amide bonds. The number of rotatable bonds is 5. The number of carbonyl (C=O) groups is 2. The van der Waals surface area contributed by atoms with Gasteiger partial charge in [-0.15, -0.1) is 0 Å². The van der Waals surface area contributed by atoms with Crippen molar-refractivity contribution in [2.24, 2.45) is 5.41 Å². The molecule has 0 saturated carbocycles. The minimum Gasteiger partial charge on any atom is -0.463 e. The fourth-order valence-electron chi connectivity index (χ4n) is 1.21. The van der Waals surface area contributed by atoms with E-state index < -0.39 is 12.1 Å². The highest BCUT2D eigenvalue weighted by molar-refractivity contribution is 5.94. The maximum absolute atomic E-state index is 11.0. The van der Waals surface area contributed by atoms with Crippen molar-refractivity contribution in [1.29, 1.82) is 0 Å². The van der Waals surface area contributed by atoms with Crippen LogP contribution in [0.4, 0.5) is 0 Å². The molecule has 0 aromatic heterocycles. The van der Waals surface area contributed by atoms with Crippen LogP contribution >= 0.6 is 0 Å². The average Bonchev–Trinajstić information content (AvgIpc) is 1.96. The normalized spacial score (nSPS) is 13.4. The Labute approximate surface area is 90.6 Å². The van der Waals surface area contributed by atoms with E-state index in [0.717, 1.165) is 0 Å². The maximum Gasteiger partial charge on any atom is 0.313 e. The second-order valence-corrected chi connectivity index (χ2v) is 4.98. The molecule has 0 radical (unpaired) electrons. The molecular weight excluding hydrogens is 196 g/mol. The lowest BCUT2D eigenvalue weighted by molar-refractivity contribution is -0.148. The first-order valence-electron chi connectivity index (χ1n) is 5.04. The highest BCUT2D eigenvalue weighted by atomic mass is 16.5. The summed E-state index contributed by atoms with van der Waals surface area (Å²) in [5.74, 6) is -0.805. The number of carbonyl (C=O) groups excluding carboxylic acids is 2. The molecular formula is C11H20O4. The first-order valence-corrected chi connectivity index (χ1v) is 5.04. The van der Waals surface area contributed by atoms with Gasteiger partial charge in [-0.25, -0.2) is 0 Å². The second-order valence-electron chi connectivity index (χ2n) is 4.98. The number of hydrogen-bond acceptors (Lipinski definition) is 4. The number of aliphatic hydroxyl groups is 1. The lowest BCUT2D eigenvalue weighted by Gasteiger charge is -2.21. The van der Waals surface area contributed by atoms with Crippen molar-refractivity contribution in [1.82, 2.24) is 0 Å². The average molecular weight is 216 g/mol. The molecule has 4 heteroatoms. The summed E-state index contributed by atoms with van der Waals surface area (Å²) in [6.07, 6.45) is -0.330. The van der Waals surface area contributed by atoms with Gasteiger partial charge in [0, 0.05) is 0 Å². The zero-order chi connectivity index (χ0) is 12.1. The molecule has 0 bridgehead atoms. The summed E-state index contributed by atoms with van der Waals surface area (Å²) in [7, 11) is 0. The van der Waals surface area contributed by atoms with Crippen LogP contribution < -0.4 is 0 Å². The Bertz CT molecular complexity index is 227. The zero-order valence-electron chi connectivity index (χ0n) is 9.87. The summed E-state index contributed by atoms with van der Waals surface area (Å²) >= 11 is 0. The SMILES string of the molecule is CC(=O)CC(=O)OCC(O)CC(C)(C)C. The number of hydrogen-bond donors (Lipinski definition) is 1. The maximum atomic E-state index is 11.0. The van der Waals surface area contributed by atoms with E-state index in [9.17, 15) is 14.7 Å². The van der Waals surface area contributed by atoms with Crippen LogP contribution in [0.15, 0.2) is 0 Å². The minimum absolute atomic E-state index is 0.00754. The third-order valence-electron chi connectivity index (χ3n) is 1.68. The van der Waals surface area contributed by atoms with E-state index in [0.29, 0.717) is 6.42 Å². The molecule has 0 heterocycles. The molecule has 88 valence electrons. The third kappa shape index (κ3) is 9.41. The highest BCUT2D eigenvalue weighted by Crippen LogP contribution is 2.20. The van der Waals surface area contributed by atoms with E-state index in [1.54, 1.807) is 0 Å². The lowest BCUT2D eigenvalue weighted by atomic mass is 9.89. The molecule has 4 nitrogen and oxygen atoms in total. The Balaban J connectivity index is 3.76. The van der Waals surface area contributed by atoms with Gasteiger partial charge in [0.2, 0.25) is 0 Å². The predicted octanol–water partition coefficient (Wildman–Crippen LogP) is 1.31. The van der Waals surface area contributed by atoms with Crippen LogP contribution in [-0.2, 0) is 14.3 Å². The van der Waals surface area contributed by atoms with Crippen LogP contribution in [0.3, 0.4) is 0 Å². The third-order valence-corrected chi connectivity index (χ3v) is 1.68. The number of Topliss-reactive ketones (excluding diaryl/α,β-unsaturated/α-hetero) is 1. The number of ketones is 1. The van der Waals surface area contributed by atoms with Gasteiger partial charge >= 0.3 is 5.97 Å². The molecule has 1 N–H and O–H groups in total. The molecule has 1 atom stereocenters. The molecule has 0 aliphatic heterocycles. The Morgan fingerprint density at radius 1 is 1.33 bits per heavy atom. The molecule has 0 saturated heterocycles. The number of aliphatic hydroxyl groups excluding tert-OH is 1. The first kappa shape index (κ1) is 14.1. The van der Waals surface area contributed by atoms with Gasteiger partial charge in [0.15, 0.2) is 0 Å². The van der Waals surface area contributed by atoms with Crippen molar-refractivity contribution in [3.8, 4) is 0 Å². The number of ether oxygens (including phenoxy) is 1. The van der Waals surface area contributed by atoms with Crippen LogP contribution in [0, 0.1) is 5.41 Å². The van der Waals surface area contributed by atoms with Gasteiger partial charge in [-0.3, -0.25) is 9.59 Å². The summed E-state index contributed by atoms with van der Waals surface area (Å²) in [6.45, 7) is 7.27. The summed E-state index contributed by atoms with van der Waals surface area (Å²) in [6, 6.07) is 0. The van der Waals surface area contributed by atoms with Gasteiger partial charge in [-0.1, -0.05) is 20.8 Å². The van der Waals surface area contributed by atoms with E-state index in [4.69, 9.17) is 4.74 Å². The highest BCUT2D eigenvalue weighted by Gasteiger charge is 2.18. The fraction of sp³-hybridized carbons (Fsp3) is 0.818. The first-order chi connectivity index (χ1) is 6.70. The molecule has 0 aliphatic rings. The van der Waals surface area contributed by atoms with Crippen LogP contribution in [0.5, 0.6) is 0 Å². The zero-order valence-corrected chi connectivity index (χ0v) is 9.87.